The van der Waals surface area contributed by atoms with E-state index in [4.69, 9.17) is 16.0 Å². The molecular formula is C11H14ClN3OS. The largest absolute Gasteiger partial charge is 0.406 e. The van der Waals surface area contributed by atoms with E-state index in [0.717, 1.165) is 6.42 Å². The Bertz CT molecular complexity index is 455. The van der Waals surface area contributed by atoms with Gasteiger partial charge in [-0.15, -0.1) is 28.0 Å². The number of hydrogen-bond acceptors (Lipinski definition) is 5. The van der Waals surface area contributed by atoms with E-state index in [9.17, 15) is 0 Å². The fourth-order valence-corrected chi connectivity index (χ4v) is 2.42. The van der Waals surface area contributed by atoms with Crippen LogP contribution < -0.4 is 5.32 Å². The van der Waals surface area contributed by atoms with Gasteiger partial charge in [0, 0.05) is 4.88 Å². The zero-order chi connectivity index (χ0) is 12.3. The summed E-state index contributed by atoms with van der Waals surface area (Å²) >= 11 is 7.57. The van der Waals surface area contributed by atoms with Crippen molar-refractivity contribution in [2.75, 3.05) is 5.32 Å². The highest BCUT2D eigenvalue weighted by Gasteiger charge is 2.15. The number of hydrogen-bond donors (Lipinski definition) is 1. The van der Waals surface area contributed by atoms with Crippen molar-refractivity contribution >= 4 is 29.0 Å². The summed E-state index contributed by atoms with van der Waals surface area (Å²) in [6, 6.07) is 4.75. The number of nitrogens with one attached hydrogen (secondary N) is 1. The smallest absolute Gasteiger partial charge is 0.316 e. The summed E-state index contributed by atoms with van der Waals surface area (Å²) < 4.78 is 5.41. The zero-order valence-corrected chi connectivity index (χ0v) is 11.3. The predicted octanol–water partition coefficient (Wildman–Crippen LogP) is 3.99. The van der Waals surface area contributed by atoms with Gasteiger partial charge in [-0.3, -0.25) is 0 Å². The van der Waals surface area contributed by atoms with Gasteiger partial charge in [-0.2, -0.15) is 0 Å². The Morgan fingerprint density at radius 2 is 2.35 bits per heavy atom. The van der Waals surface area contributed by atoms with Crippen molar-refractivity contribution in [3.05, 3.63) is 28.3 Å². The molecule has 0 saturated heterocycles. The Morgan fingerprint density at radius 3 is 2.88 bits per heavy atom. The van der Waals surface area contributed by atoms with Crippen LogP contribution in [-0.4, -0.2) is 10.2 Å². The maximum atomic E-state index is 5.86. The molecule has 2 aromatic heterocycles. The Kier molecular flexibility index (Phi) is 4.02. The highest BCUT2D eigenvalue weighted by atomic mass is 35.5. The van der Waals surface area contributed by atoms with E-state index >= 15 is 0 Å². The molecule has 0 radical (unpaired) electrons. The lowest BCUT2D eigenvalue weighted by atomic mass is 10.2. The lowest BCUT2D eigenvalue weighted by Crippen LogP contribution is -2.08. The van der Waals surface area contributed by atoms with Gasteiger partial charge in [-0.05, 0) is 24.8 Å². The molecule has 1 N–H and O–H groups in total. The SMILES string of the molecule is CCC(Nc1nnc(C(C)Cl)o1)c1cccs1. The van der Waals surface area contributed by atoms with Crippen LogP contribution in [0.15, 0.2) is 21.9 Å². The molecule has 0 aliphatic carbocycles. The summed E-state index contributed by atoms with van der Waals surface area (Å²) in [5.74, 6) is 0.440. The van der Waals surface area contributed by atoms with Crippen molar-refractivity contribution in [2.24, 2.45) is 0 Å². The van der Waals surface area contributed by atoms with E-state index < -0.39 is 0 Å². The highest BCUT2D eigenvalue weighted by Crippen LogP contribution is 2.27. The first-order chi connectivity index (χ1) is 8.20. The lowest BCUT2D eigenvalue weighted by Gasteiger charge is -2.12. The number of halogens is 1. The average molecular weight is 272 g/mol. The van der Waals surface area contributed by atoms with Crippen LogP contribution in [0.5, 0.6) is 0 Å². The van der Waals surface area contributed by atoms with Gasteiger partial charge in [0.2, 0.25) is 5.89 Å². The van der Waals surface area contributed by atoms with Gasteiger partial charge < -0.3 is 9.73 Å². The molecule has 0 saturated carbocycles. The predicted molar refractivity (Wildman–Crippen MR) is 69.5 cm³/mol. The molecule has 0 amide bonds. The van der Waals surface area contributed by atoms with Crippen LogP contribution in [-0.2, 0) is 0 Å². The van der Waals surface area contributed by atoms with Crippen LogP contribution >= 0.6 is 22.9 Å². The van der Waals surface area contributed by atoms with E-state index in [1.165, 1.54) is 4.88 Å². The third kappa shape index (κ3) is 2.98. The Hall–Kier alpha value is -1.07. The van der Waals surface area contributed by atoms with E-state index in [1.807, 2.05) is 6.07 Å². The second-order valence-corrected chi connectivity index (χ2v) is 5.32. The van der Waals surface area contributed by atoms with Crippen LogP contribution in [0.2, 0.25) is 0 Å². The fourth-order valence-electron chi connectivity index (χ4n) is 1.47. The molecule has 2 atom stereocenters. The molecule has 92 valence electrons. The van der Waals surface area contributed by atoms with Gasteiger partial charge >= 0.3 is 6.01 Å². The lowest BCUT2D eigenvalue weighted by molar-refractivity contribution is 0.499. The summed E-state index contributed by atoms with van der Waals surface area (Å²) in [6.07, 6.45) is 0.953. The maximum Gasteiger partial charge on any atom is 0.316 e. The van der Waals surface area contributed by atoms with Crippen molar-refractivity contribution < 1.29 is 4.42 Å². The minimum Gasteiger partial charge on any atom is -0.406 e. The van der Waals surface area contributed by atoms with Gasteiger partial charge in [0.15, 0.2) is 0 Å². The quantitative estimate of drug-likeness (QED) is 0.836. The number of anilines is 1. The van der Waals surface area contributed by atoms with E-state index in [-0.39, 0.29) is 11.4 Å². The third-order valence-corrected chi connectivity index (χ3v) is 3.55. The van der Waals surface area contributed by atoms with Crippen molar-refractivity contribution in [1.82, 2.24) is 10.2 Å². The van der Waals surface area contributed by atoms with Crippen LogP contribution in [0.3, 0.4) is 0 Å². The summed E-state index contributed by atoms with van der Waals surface area (Å²) in [5.41, 5.74) is 0. The molecule has 0 aromatic carbocycles. The van der Waals surface area contributed by atoms with Crippen molar-refractivity contribution in [1.29, 1.82) is 0 Å². The molecule has 0 aliphatic rings. The Morgan fingerprint density at radius 1 is 1.53 bits per heavy atom. The highest BCUT2D eigenvalue weighted by molar-refractivity contribution is 7.10. The molecule has 6 heteroatoms. The average Bonchev–Trinajstić information content (AvgIpc) is 2.96. The first-order valence-corrected chi connectivity index (χ1v) is 6.79. The van der Waals surface area contributed by atoms with Crippen molar-refractivity contribution in [3.63, 3.8) is 0 Å². The molecule has 4 nitrogen and oxygen atoms in total. The maximum absolute atomic E-state index is 5.86. The molecule has 2 unspecified atom stereocenters. The summed E-state index contributed by atoms with van der Waals surface area (Å²) in [6.45, 7) is 3.91. The van der Waals surface area contributed by atoms with Crippen LogP contribution in [0.4, 0.5) is 6.01 Å². The topological polar surface area (TPSA) is 51.0 Å². The van der Waals surface area contributed by atoms with Gasteiger partial charge in [0.25, 0.3) is 0 Å². The summed E-state index contributed by atoms with van der Waals surface area (Å²) in [5, 5.41) is 12.8. The first-order valence-electron chi connectivity index (χ1n) is 5.48. The number of aromatic nitrogens is 2. The first kappa shape index (κ1) is 12.4. The molecule has 17 heavy (non-hydrogen) atoms. The Labute approximate surface area is 109 Å². The molecule has 0 aliphatic heterocycles. The minimum atomic E-state index is -0.264. The number of nitrogens with zero attached hydrogens (tertiary/aromatic N) is 2. The van der Waals surface area contributed by atoms with Crippen molar-refractivity contribution in [2.45, 2.75) is 31.7 Å². The van der Waals surface area contributed by atoms with Crippen LogP contribution in [0.1, 0.15) is 42.5 Å². The summed E-state index contributed by atoms with van der Waals surface area (Å²) in [4.78, 5) is 1.26. The molecule has 2 aromatic rings. The summed E-state index contributed by atoms with van der Waals surface area (Å²) in [7, 11) is 0. The molecule has 2 heterocycles. The number of thiophene rings is 1. The van der Waals surface area contributed by atoms with Crippen LogP contribution in [0.25, 0.3) is 0 Å². The van der Waals surface area contributed by atoms with Gasteiger partial charge in [-0.25, -0.2) is 0 Å². The monoisotopic (exact) mass is 271 g/mol. The standard InChI is InChI=1S/C11H14ClN3OS/c1-3-8(9-5-4-6-17-9)13-11-15-14-10(16-11)7(2)12/h4-8H,3H2,1-2H3,(H,13,15). The number of rotatable bonds is 5. The normalized spacial score (nSPS) is 14.5. The van der Waals surface area contributed by atoms with E-state index in [1.54, 1.807) is 18.3 Å². The molecule has 0 fully saturated rings. The van der Waals surface area contributed by atoms with Crippen molar-refractivity contribution in [3.8, 4) is 0 Å². The van der Waals surface area contributed by atoms with Crippen LogP contribution in [0, 0.1) is 0 Å². The van der Waals surface area contributed by atoms with E-state index in [2.05, 4.69) is 33.9 Å². The second kappa shape index (κ2) is 5.51. The van der Waals surface area contributed by atoms with Gasteiger partial charge in [0.05, 0.1) is 6.04 Å². The third-order valence-electron chi connectivity index (χ3n) is 2.37. The molecule has 0 spiro atoms. The fraction of sp³-hybridized carbons (Fsp3) is 0.455. The number of alkyl halides is 1. The van der Waals surface area contributed by atoms with Gasteiger partial charge in [0.1, 0.15) is 5.38 Å². The zero-order valence-electron chi connectivity index (χ0n) is 9.68. The van der Waals surface area contributed by atoms with Gasteiger partial charge in [-0.1, -0.05) is 18.1 Å². The minimum absolute atomic E-state index is 0.203. The molecule has 0 bridgehead atoms. The molecular weight excluding hydrogens is 258 g/mol. The Balaban J connectivity index is 2.08. The second-order valence-electron chi connectivity index (χ2n) is 3.68. The molecule has 2 rings (SSSR count). The van der Waals surface area contributed by atoms with E-state index in [0.29, 0.717) is 11.9 Å².